The first-order chi connectivity index (χ1) is 5.79. The Hall–Kier alpha value is -0.100. The van der Waals surface area contributed by atoms with E-state index in [1.54, 1.807) is 0 Å². The summed E-state index contributed by atoms with van der Waals surface area (Å²) >= 11 is 0. The van der Waals surface area contributed by atoms with Gasteiger partial charge in [0.15, 0.2) is 0 Å². The van der Waals surface area contributed by atoms with Gasteiger partial charge in [0.25, 0.3) is 0 Å². The van der Waals surface area contributed by atoms with Gasteiger partial charge in [-0.25, -0.2) is 9.13 Å². The maximum atomic E-state index is 11.0. The highest BCUT2D eigenvalue weighted by Crippen LogP contribution is 2.47. The molecule has 0 aromatic carbocycles. The zero-order valence-corrected chi connectivity index (χ0v) is 8.13. The summed E-state index contributed by atoms with van der Waals surface area (Å²) in [7, 11) is -2.15. The second-order valence-corrected chi connectivity index (χ2v) is 5.32. The summed E-state index contributed by atoms with van der Waals surface area (Å²) in [5.41, 5.74) is 0.0440. The summed E-state index contributed by atoms with van der Waals surface area (Å²) in [6, 6.07) is 0. The fourth-order valence-electron chi connectivity index (χ4n) is 2.99. The van der Waals surface area contributed by atoms with Gasteiger partial charge in [0, 0.05) is 0 Å². The van der Waals surface area contributed by atoms with Gasteiger partial charge in [0.2, 0.25) is 0 Å². The maximum Gasteiger partial charge on any atom is 0.319 e. The quantitative estimate of drug-likeness (QED) is 0.589. The first-order valence-corrected chi connectivity index (χ1v) is 6.17. The van der Waals surface area contributed by atoms with Crippen LogP contribution in [-0.4, -0.2) is 5.66 Å². The zero-order valence-electron chi connectivity index (χ0n) is 7.24. The Labute approximate surface area is 73.6 Å². The van der Waals surface area contributed by atoms with E-state index in [9.17, 15) is 9.13 Å². The molecule has 2 nitrogen and oxygen atoms in total. The van der Waals surface area contributed by atoms with E-state index < -0.39 is 7.68 Å². The molecule has 68 valence electrons. The average Bonchev–Trinajstić information content (AvgIpc) is 2.02. The highest BCUT2D eigenvalue weighted by Gasteiger charge is 2.39. The molecule has 0 N–H and O–H groups in total. The van der Waals surface area contributed by atoms with Gasteiger partial charge >= 0.3 is 7.68 Å². The molecule has 2 bridgehead atoms. The molecule has 2 aliphatic carbocycles. The predicted molar refractivity (Wildman–Crippen MR) is 46.8 cm³/mol. The van der Waals surface area contributed by atoms with Crippen LogP contribution in [0, 0.1) is 11.8 Å². The van der Waals surface area contributed by atoms with Crippen molar-refractivity contribution in [1.29, 1.82) is 0 Å². The second kappa shape index (κ2) is 3.33. The van der Waals surface area contributed by atoms with E-state index in [2.05, 4.69) is 0 Å². The molecule has 0 heterocycles. The molecule has 0 spiro atoms. The fraction of sp³-hybridized carbons (Fsp3) is 1.00. The van der Waals surface area contributed by atoms with Crippen molar-refractivity contribution in [2.45, 2.75) is 44.2 Å². The summed E-state index contributed by atoms with van der Waals surface area (Å²) in [5, 5.41) is 0. The summed E-state index contributed by atoms with van der Waals surface area (Å²) in [5.74, 6) is 1.03. The highest BCUT2D eigenvalue weighted by molar-refractivity contribution is 7.31. The summed E-state index contributed by atoms with van der Waals surface area (Å²) in [4.78, 5) is 0. The molecule has 2 rings (SSSR count). The van der Waals surface area contributed by atoms with Crippen LogP contribution in [0.15, 0.2) is 0 Å². The molecule has 0 unspecified atom stereocenters. The van der Waals surface area contributed by atoms with Crippen molar-refractivity contribution in [2.75, 3.05) is 0 Å². The Morgan fingerprint density at radius 1 is 0.833 bits per heavy atom. The zero-order chi connectivity index (χ0) is 8.55. The number of hydrogen-bond donors (Lipinski definition) is 0. The summed E-state index contributed by atoms with van der Waals surface area (Å²) in [6.45, 7) is 0. The van der Waals surface area contributed by atoms with Crippen LogP contribution >= 0.6 is 7.68 Å². The van der Waals surface area contributed by atoms with E-state index in [0.29, 0.717) is 11.8 Å². The maximum absolute atomic E-state index is 11.0. The van der Waals surface area contributed by atoms with Gasteiger partial charge in [-0.2, -0.15) is 0 Å². The summed E-state index contributed by atoms with van der Waals surface area (Å²) < 4.78 is 22.0. The van der Waals surface area contributed by atoms with Crippen molar-refractivity contribution in [3.05, 3.63) is 0 Å². The monoisotopic (exact) mass is 186 g/mol. The van der Waals surface area contributed by atoms with Crippen LogP contribution in [0.4, 0.5) is 0 Å². The first-order valence-electron chi connectivity index (χ1n) is 4.92. The fourth-order valence-corrected chi connectivity index (χ4v) is 4.27. The lowest BCUT2D eigenvalue weighted by Gasteiger charge is -2.38. The van der Waals surface area contributed by atoms with E-state index >= 15 is 0 Å². The molecule has 0 atom stereocenters. The molecule has 2 fully saturated rings. The van der Waals surface area contributed by atoms with Crippen LogP contribution in [0.25, 0.3) is 0 Å². The Morgan fingerprint density at radius 2 is 1.25 bits per heavy atom. The van der Waals surface area contributed by atoms with Gasteiger partial charge in [-0.05, 0) is 37.5 Å². The SMILES string of the molecule is O=P(=O)C1C2CCCC1CCC2. The molecule has 0 aromatic heterocycles. The van der Waals surface area contributed by atoms with E-state index in [0.717, 1.165) is 25.7 Å². The van der Waals surface area contributed by atoms with Crippen LogP contribution in [0.1, 0.15) is 38.5 Å². The first kappa shape index (κ1) is 8.50. The standard InChI is InChI=1S/C9H15O2P/c10-12(11)9-7-3-1-4-8(9)6-2-5-7/h7-9H,1-6H2. The van der Waals surface area contributed by atoms with Crippen LogP contribution in [0.3, 0.4) is 0 Å². The topological polar surface area (TPSA) is 34.1 Å². The molecule has 2 aliphatic rings. The predicted octanol–water partition coefficient (Wildman–Crippen LogP) is 3.13. The minimum atomic E-state index is -2.15. The van der Waals surface area contributed by atoms with E-state index in [-0.39, 0.29) is 5.66 Å². The molecule has 0 amide bonds. The number of hydrogen-bond acceptors (Lipinski definition) is 2. The normalized spacial score (nSPS) is 40.8. The molecular weight excluding hydrogens is 171 g/mol. The summed E-state index contributed by atoms with van der Waals surface area (Å²) in [6.07, 6.45) is 7.15. The molecule has 0 aliphatic heterocycles. The molecule has 3 heteroatoms. The largest absolute Gasteiger partial charge is 0.319 e. The molecule has 0 aromatic rings. The van der Waals surface area contributed by atoms with Crippen molar-refractivity contribution >= 4 is 7.68 Å². The van der Waals surface area contributed by atoms with E-state index in [4.69, 9.17) is 0 Å². The highest BCUT2D eigenvalue weighted by atomic mass is 31.1. The lowest BCUT2D eigenvalue weighted by atomic mass is 9.72. The van der Waals surface area contributed by atoms with Crippen molar-refractivity contribution in [3.8, 4) is 0 Å². The third kappa shape index (κ3) is 1.37. The molecular formula is C9H15O2P. The molecule has 0 saturated heterocycles. The van der Waals surface area contributed by atoms with Crippen molar-refractivity contribution < 1.29 is 9.13 Å². The van der Waals surface area contributed by atoms with Gasteiger partial charge in [0.05, 0.1) is 5.66 Å². The van der Waals surface area contributed by atoms with Crippen molar-refractivity contribution in [3.63, 3.8) is 0 Å². The van der Waals surface area contributed by atoms with Gasteiger partial charge in [-0.3, -0.25) is 0 Å². The molecule has 12 heavy (non-hydrogen) atoms. The van der Waals surface area contributed by atoms with Crippen molar-refractivity contribution in [2.24, 2.45) is 11.8 Å². The Morgan fingerprint density at radius 3 is 1.50 bits per heavy atom. The second-order valence-electron chi connectivity index (χ2n) is 4.16. The average molecular weight is 186 g/mol. The van der Waals surface area contributed by atoms with Gasteiger partial charge in [-0.15, -0.1) is 0 Å². The van der Waals surface area contributed by atoms with E-state index in [1.165, 1.54) is 12.8 Å². The lowest BCUT2D eigenvalue weighted by Crippen LogP contribution is -2.33. The van der Waals surface area contributed by atoms with Crippen molar-refractivity contribution in [1.82, 2.24) is 0 Å². The van der Waals surface area contributed by atoms with Crippen LogP contribution < -0.4 is 0 Å². The van der Waals surface area contributed by atoms with E-state index in [1.807, 2.05) is 0 Å². The molecule has 0 radical (unpaired) electrons. The Balaban J connectivity index is 2.19. The third-order valence-electron chi connectivity index (χ3n) is 3.51. The Kier molecular flexibility index (Phi) is 2.36. The number of rotatable bonds is 1. The molecule has 2 saturated carbocycles. The smallest absolute Gasteiger partial charge is 0.237 e. The van der Waals surface area contributed by atoms with Gasteiger partial charge in [0.1, 0.15) is 0 Å². The van der Waals surface area contributed by atoms with Crippen LogP contribution in [0.2, 0.25) is 0 Å². The van der Waals surface area contributed by atoms with Crippen LogP contribution in [-0.2, 0) is 9.13 Å². The van der Waals surface area contributed by atoms with Gasteiger partial charge in [-0.1, -0.05) is 12.8 Å². The lowest BCUT2D eigenvalue weighted by molar-refractivity contribution is 0.193. The van der Waals surface area contributed by atoms with Crippen LogP contribution in [0.5, 0.6) is 0 Å². The third-order valence-corrected chi connectivity index (χ3v) is 4.84. The Bertz CT molecular complexity index is 205. The van der Waals surface area contributed by atoms with Gasteiger partial charge < -0.3 is 0 Å². The minimum Gasteiger partial charge on any atom is -0.237 e. The number of fused-ring (bicyclic) bond motifs is 2. The minimum absolute atomic E-state index is 0.0440.